The maximum Gasteiger partial charge on any atom is 0.237 e. The predicted molar refractivity (Wildman–Crippen MR) is 164 cm³/mol. The fraction of sp³-hybridized carbons (Fsp3) is 0.548. The average molecular weight is 621 g/mol. The number of rotatable bonds is 8. The summed E-state index contributed by atoms with van der Waals surface area (Å²) in [6, 6.07) is 8.79. The number of nitrogens with one attached hydrogen (secondary N) is 3. The summed E-state index contributed by atoms with van der Waals surface area (Å²) in [4.78, 5) is 32.7. The minimum atomic E-state index is -1.27. The molecule has 0 unspecified atom stereocenters. The van der Waals surface area contributed by atoms with Crippen molar-refractivity contribution < 1.29 is 19.1 Å². The molecule has 4 N–H and O–H groups in total. The third-order valence-corrected chi connectivity index (χ3v) is 9.32. The Balaban J connectivity index is 1.48. The second-order valence-corrected chi connectivity index (χ2v) is 13.7. The summed E-state index contributed by atoms with van der Waals surface area (Å²) >= 11 is 12.6. The number of β-amino-alcohol motifs (C(OH)–C–C–N with tert-alkyl or cyclic N) is 1. The maximum atomic E-state index is 15.1. The van der Waals surface area contributed by atoms with E-state index in [1.54, 1.807) is 12.1 Å². The molecule has 3 heterocycles. The Labute approximate surface area is 256 Å². The van der Waals surface area contributed by atoms with Gasteiger partial charge >= 0.3 is 0 Å². The van der Waals surface area contributed by atoms with Crippen LogP contribution in [0.4, 0.5) is 10.1 Å². The van der Waals surface area contributed by atoms with Gasteiger partial charge in [-0.2, -0.15) is 0 Å². The highest BCUT2D eigenvalue weighted by molar-refractivity contribution is 6.31. The van der Waals surface area contributed by atoms with E-state index in [1.165, 1.54) is 12.1 Å². The molecular formula is C31H40Cl2FN5O3. The first kappa shape index (κ1) is 31.2. The summed E-state index contributed by atoms with van der Waals surface area (Å²) < 4.78 is 15.1. The topological polar surface area (TPSA) is 96.9 Å². The fourth-order valence-electron chi connectivity index (χ4n) is 6.96. The molecule has 2 aromatic rings. The molecule has 11 heteroatoms. The van der Waals surface area contributed by atoms with Crippen LogP contribution >= 0.6 is 23.2 Å². The number of benzene rings is 2. The molecule has 42 heavy (non-hydrogen) atoms. The van der Waals surface area contributed by atoms with Gasteiger partial charge in [-0.3, -0.25) is 19.4 Å². The molecule has 0 radical (unpaired) electrons. The number of anilines is 1. The van der Waals surface area contributed by atoms with Crippen LogP contribution in [0.1, 0.15) is 44.2 Å². The second kappa shape index (κ2) is 12.4. The van der Waals surface area contributed by atoms with E-state index in [2.05, 4.69) is 46.5 Å². The molecule has 228 valence electrons. The summed E-state index contributed by atoms with van der Waals surface area (Å²) in [5.41, 5.74) is 0.202. The number of hydrogen-bond acceptors (Lipinski definition) is 6. The van der Waals surface area contributed by atoms with Crippen molar-refractivity contribution >= 4 is 40.7 Å². The van der Waals surface area contributed by atoms with Crippen molar-refractivity contribution in [2.75, 3.05) is 57.7 Å². The van der Waals surface area contributed by atoms with Crippen LogP contribution in [0, 0.1) is 11.2 Å². The van der Waals surface area contributed by atoms with E-state index in [0.717, 1.165) is 31.7 Å². The molecule has 0 saturated carbocycles. The quantitative estimate of drug-likeness (QED) is 0.361. The van der Waals surface area contributed by atoms with Crippen molar-refractivity contribution in [1.29, 1.82) is 0 Å². The van der Waals surface area contributed by atoms with Gasteiger partial charge in [-0.25, -0.2) is 4.39 Å². The summed E-state index contributed by atoms with van der Waals surface area (Å²) in [5, 5.41) is 19.2. The van der Waals surface area contributed by atoms with Gasteiger partial charge < -0.3 is 21.1 Å². The van der Waals surface area contributed by atoms with E-state index < -0.39 is 29.2 Å². The highest BCUT2D eigenvalue weighted by Crippen LogP contribution is 2.57. The molecule has 0 aromatic heterocycles. The van der Waals surface area contributed by atoms with E-state index in [0.29, 0.717) is 42.3 Å². The van der Waals surface area contributed by atoms with Gasteiger partial charge in [0.1, 0.15) is 11.2 Å². The van der Waals surface area contributed by atoms with Gasteiger partial charge in [0.05, 0.1) is 17.7 Å². The van der Waals surface area contributed by atoms with Gasteiger partial charge in [-0.15, -0.1) is 0 Å². The van der Waals surface area contributed by atoms with Gasteiger partial charge in [0.15, 0.2) is 0 Å². The number of hydrogen-bond donors (Lipinski definition) is 4. The molecule has 1 spiro atoms. The Bertz CT molecular complexity index is 1330. The third kappa shape index (κ3) is 6.05. The van der Waals surface area contributed by atoms with Crippen LogP contribution < -0.4 is 16.0 Å². The first-order valence-corrected chi connectivity index (χ1v) is 15.4. The number of fused-ring (bicyclic) bond motifs is 2. The molecule has 2 aromatic carbocycles. The van der Waals surface area contributed by atoms with Gasteiger partial charge in [0, 0.05) is 68.5 Å². The van der Waals surface area contributed by atoms with Crippen LogP contribution in [0.5, 0.6) is 0 Å². The lowest BCUT2D eigenvalue weighted by Gasteiger charge is -2.37. The predicted octanol–water partition coefficient (Wildman–Crippen LogP) is 3.61. The Morgan fingerprint density at radius 3 is 2.45 bits per heavy atom. The maximum absolute atomic E-state index is 15.1. The van der Waals surface area contributed by atoms with Crippen molar-refractivity contribution in [2.24, 2.45) is 5.41 Å². The number of carbonyl (C=O) groups is 2. The van der Waals surface area contributed by atoms with Crippen molar-refractivity contribution in [1.82, 2.24) is 20.4 Å². The van der Waals surface area contributed by atoms with Crippen LogP contribution in [0.25, 0.3) is 0 Å². The highest BCUT2D eigenvalue weighted by atomic mass is 35.5. The minimum Gasteiger partial charge on any atom is -0.395 e. The van der Waals surface area contributed by atoms with Gasteiger partial charge in [0.2, 0.25) is 11.8 Å². The molecule has 0 bridgehead atoms. The Kier molecular flexibility index (Phi) is 9.19. The van der Waals surface area contributed by atoms with Crippen molar-refractivity contribution in [2.45, 2.75) is 50.6 Å². The van der Waals surface area contributed by atoms with Crippen LogP contribution in [-0.4, -0.2) is 91.2 Å². The first-order valence-electron chi connectivity index (χ1n) is 14.6. The van der Waals surface area contributed by atoms with Crippen LogP contribution in [0.15, 0.2) is 36.4 Å². The number of halogens is 3. The summed E-state index contributed by atoms with van der Waals surface area (Å²) in [5.74, 6) is -1.78. The molecule has 2 fully saturated rings. The second-order valence-electron chi connectivity index (χ2n) is 12.8. The van der Waals surface area contributed by atoms with E-state index in [9.17, 15) is 14.7 Å². The third-order valence-electron chi connectivity index (χ3n) is 8.80. The first-order chi connectivity index (χ1) is 19.9. The number of nitrogens with zero attached hydrogens (tertiary/aromatic N) is 2. The number of aliphatic hydroxyl groups excluding tert-OH is 1. The lowest BCUT2D eigenvalue weighted by atomic mass is 9.62. The molecule has 0 aliphatic carbocycles. The normalized spacial score (nSPS) is 26.5. The zero-order chi connectivity index (χ0) is 30.2. The Morgan fingerprint density at radius 2 is 1.81 bits per heavy atom. The zero-order valence-corrected chi connectivity index (χ0v) is 25.9. The smallest absolute Gasteiger partial charge is 0.237 e. The number of amides is 2. The van der Waals surface area contributed by atoms with E-state index in [-0.39, 0.29) is 28.9 Å². The van der Waals surface area contributed by atoms with Crippen LogP contribution in [0.3, 0.4) is 0 Å². The average Bonchev–Trinajstić information content (AvgIpc) is 3.39. The minimum absolute atomic E-state index is 0.0739. The van der Waals surface area contributed by atoms with Gasteiger partial charge in [-0.05, 0) is 47.2 Å². The molecule has 2 saturated heterocycles. The molecule has 3 aliphatic heterocycles. The lowest BCUT2D eigenvalue weighted by molar-refractivity contribution is -0.123. The van der Waals surface area contributed by atoms with Crippen LogP contribution in [0.2, 0.25) is 10.0 Å². The van der Waals surface area contributed by atoms with E-state index in [4.69, 9.17) is 23.2 Å². The summed E-state index contributed by atoms with van der Waals surface area (Å²) in [6.45, 7) is 11.7. The molecular weight excluding hydrogens is 580 g/mol. The van der Waals surface area contributed by atoms with Crippen molar-refractivity contribution in [3.05, 3.63) is 63.4 Å². The SMILES string of the molecule is CC(C)(C)C[C@H]1N[C@@H](C(=O)NCCN2CCN(CCO)CC2)[C@H](c2cccc(Cl)c2)[C@@]12C(=O)Nc1cc(Cl)c(F)cc12. The van der Waals surface area contributed by atoms with Crippen molar-refractivity contribution in [3.63, 3.8) is 0 Å². The van der Waals surface area contributed by atoms with Crippen molar-refractivity contribution in [3.8, 4) is 0 Å². The van der Waals surface area contributed by atoms with Gasteiger partial charge in [-0.1, -0.05) is 56.1 Å². The molecule has 5 rings (SSSR count). The number of aliphatic hydroxyl groups is 1. The summed E-state index contributed by atoms with van der Waals surface area (Å²) in [6.07, 6.45) is 0.559. The summed E-state index contributed by atoms with van der Waals surface area (Å²) in [7, 11) is 0. The standard InChI is InChI=1S/C31H40Cl2FN5O3/c1-30(2,3)18-25-31(21-16-23(34)22(33)17-24(21)36-29(31)42)26(19-5-4-6-20(32)15-19)27(37-25)28(41)35-7-8-38-9-11-39(12-10-38)13-14-40/h4-6,15-17,25-27,37,40H,7-14,18H2,1-3H3,(H,35,41)(H,36,42)/t25-,26+,27-,31+/m1/s1. The van der Waals surface area contributed by atoms with E-state index in [1.807, 2.05) is 12.1 Å². The fourth-order valence-corrected chi connectivity index (χ4v) is 7.32. The molecule has 4 atom stereocenters. The molecule has 3 aliphatic rings. The van der Waals surface area contributed by atoms with E-state index >= 15 is 4.39 Å². The Hall–Kier alpha value is -2.27. The number of carbonyl (C=O) groups excluding carboxylic acids is 2. The highest BCUT2D eigenvalue weighted by Gasteiger charge is 2.65. The Morgan fingerprint density at radius 1 is 1.12 bits per heavy atom. The lowest BCUT2D eigenvalue weighted by Crippen LogP contribution is -2.50. The number of piperazine rings is 1. The van der Waals surface area contributed by atoms with Gasteiger partial charge in [0.25, 0.3) is 0 Å². The molecule has 8 nitrogen and oxygen atoms in total. The van der Waals surface area contributed by atoms with Crippen LogP contribution in [-0.2, 0) is 15.0 Å². The monoisotopic (exact) mass is 619 g/mol. The largest absolute Gasteiger partial charge is 0.395 e. The zero-order valence-electron chi connectivity index (χ0n) is 24.4. The molecule has 2 amide bonds.